The van der Waals surface area contributed by atoms with Crippen molar-refractivity contribution in [2.45, 2.75) is 225 Å². The molecule has 0 aliphatic rings. The molecule has 0 rings (SSSR count). The Morgan fingerprint density at radius 2 is 0.982 bits per heavy atom. The van der Waals surface area contributed by atoms with E-state index in [1.807, 2.05) is 27.2 Å². The number of hydrogen-bond donors (Lipinski definition) is 3. The number of aliphatic hydroxyl groups excluding tert-OH is 1. The van der Waals surface area contributed by atoms with Crippen molar-refractivity contribution in [3.8, 4) is 0 Å². The fraction of sp³-hybridized carbons (Fsp3) is 0.891. The summed E-state index contributed by atoms with van der Waals surface area (Å²) in [5, 5.41) is 13.8. The van der Waals surface area contributed by atoms with Crippen LogP contribution in [0.15, 0.2) is 24.3 Å². The number of amides is 1. The van der Waals surface area contributed by atoms with Crippen molar-refractivity contribution in [3.63, 3.8) is 0 Å². The van der Waals surface area contributed by atoms with E-state index in [0.29, 0.717) is 17.4 Å². The second-order valence-corrected chi connectivity index (χ2v) is 18.6. The maximum atomic E-state index is 12.9. The molecule has 0 aromatic heterocycles. The van der Waals surface area contributed by atoms with Crippen LogP contribution in [0.4, 0.5) is 0 Å². The number of unbranched alkanes of at least 4 members (excludes halogenated alkanes) is 27. The van der Waals surface area contributed by atoms with E-state index in [4.69, 9.17) is 9.05 Å². The lowest BCUT2D eigenvalue weighted by molar-refractivity contribution is -0.870. The molecule has 8 nitrogen and oxygen atoms in total. The van der Waals surface area contributed by atoms with E-state index in [1.165, 1.54) is 154 Å². The van der Waals surface area contributed by atoms with Gasteiger partial charge in [-0.05, 0) is 44.9 Å². The van der Waals surface area contributed by atoms with E-state index < -0.39 is 20.0 Å². The summed E-state index contributed by atoms with van der Waals surface area (Å²) in [6.45, 7) is 4.81. The molecule has 0 aromatic rings. The van der Waals surface area contributed by atoms with Crippen molar-refractivity contribution >= 4 is 13.7 Å². The molecule has 0 aliphatic carbocycles. The Labute approximate surface area is 341 Å². The van der Waals surface area contributed by atoms with Gasteiger partial charge in [0.25, 0.3) is 0 Å². The number of quaternary nitrogens is 1. The second-order valence-electron chi connectivity index (χ2n) is 17.1. The van der Waals surface area contributed by atoms with Gasteiger partial charge in [0, 0.05) is 6.42 Å². The van der Waals surface area contributed by atoms with Gasteiger partial charge in [-0.25, -0.2) is 4.57 Å². The standard InChI is InChI=1S/C46H91N2O6P/c1-6-8-10-12-14-16-18-20-22-23-24-25-26-28-30-32-34-36-38-40-46(50)47-44(43-54-55(51,52)53-42-41-48(3,4)5)45(49)39-37-35-33-31-29-27-21-19-17-15-13-11-9-7-2/h20,22,37,39,44-45,49H,6-19,21,23-36,38,40-43H2,1-5H3,(H-,47,50,51,52)/p+1/b22-20+,39-37+/t44-,45+/m0/s1. The van der Waals surface area contributed by atoms with E-state index in [2.05, 4.69) is 31.3 Å². The van der Waals surface area contributed by atoms with E-state index in [9.17, 15) is 19.4 Å². The average Bonchev–Trinajstić information content (AvgIpc) is 3.13. The average molecular weight is 800 g/mol. The highest BCUT2D eigenvalue weighted by atomic mass is 31.2. The molecule has 1 amide bonds. The van der Waals surface area contributed by atoms with Gasteiger partial charge in [0.1, 0.15) is 13.2 Å². The zero-order valence-corrected chi connectivity index (χ0v) is 37.8. The van der Waals surface area contributed by atoms with Gasteiger partial charge in [-0.3, -0.25) is 13.8 Å². The van der Waals surface area contributed by atoms with Gasteiger partial charge in [0.15, 0.2) is 0 Å². The molecule has 0 spiro atoms. The van der Waals surface area contributed by atoms with Gasteiger partial charge < -0.3 is 19.8 Å². The van der Waals surface area contributed by atoms with Crippen LogP contribution in [0.3, 0.4) is 0 Å². The molecular formula is C46H92N2O6P+. The lowest BCUT2D eigenvalue weighted by atomic mass is 10.0. The zero-order chi connectivity index (χ0) is 40.7. The number of aliphatic hydroxyl groups is 1. The Morgan fingerprint density at radius 3 is 1.40 bits per heavy atom. The predicted octanol–water partition coefficient (Wildman–Crippen LogP) is 12.9. The van der Waals surface area contributed by atoms with Crippen LogP contribution in [0.2, 0.25) is 0 Å². The van der Waals surface area contributed by atoms with Crippen LogP contribution in [0.25, 0.3) is 0 Å². The lowest BCUT2D eigenvalue weighted by Gasteiger charge is -2.25. The molecule has 3 atom stereocenters. The minimum Gasteiger partial charge on any atom is -0.387 e. The number of carbonyl (C=O) groups excluding carboxylic acids is 1. The number of allylic oxidation sites excluding steroid dienone is 3. The van der Waals surface area contributed by atoms with Crippen LogP contribution in [-0.2, 0) is 18.4 Å². The Hall–Kier alpha value is -1.02. The quantitative estimate of drug-likeness (QED) is 0.0246. The molecule has 1 unspecified atom stereocenters. The highest BCUT2D eigenvalue weighted by Gasteiger charge is 2.27. The van der Waals surface area contributed by atoms with Gasteiger partial charge in [-0.1, -0.05) is 186 Å². The first-order chi connectivity index (χ1) is 26.5. The highest BCUT2D eigenvalue weighted by molar-refractivity contribution is 7.47. The molecule has 0 aliphatic heterocycles. The normalized spacial score (nSPS) is 14.5. The van der Waals surface area contributed by atoms with Crippen LogP contribution in [0.1, 0.15) is 213 Å². The Kier molecular flexibility index (Phi) is 37.8. The van der Waals surface area contributed by atoms with Crippen molar-refractivity contribution in [2.24, 2.45) is 0 Å². The molecule has 0 heterocycles. The topological polar surface area (TPSA) is 105 Å². The molecule has 0 saturated carbocycles. The van der Waals surface area contributed by atoms with Gasteiger partial charge in [0.2, 0.25) is 5.91 Å². The van der Waals surface area contributed by atoms with Gasteiger partial charge in [-0.2, -0.15) is 0 Å². The van der Waals surface area contributed by atoms with Crippen molar-refractivity contribution in [2.75, 3.05) is 40.9 Å². The highest BCUT2D eigenvalue weighted by Crippen LogP contribution is 2.43. The van der Waals surface area contributed by atoms with Crippen LogP contribution in [-0.4, -0.2) is 73.4 Å². The van der Waals surface area contributed by atoms with Crippen LogP contribution >= 0.6 is 7.82 Å². The number of phosphoric acid groups is 1. The Bertz CT molecular complexity index is 953. The third kappa shape index (κ3) is 41.0. The van der Waals surface area contributed by atoms with E-state index in [-0.39, 0.29) is 19.1 Å². The molecule has 0 bridgehead atoms. The summed E-state index contributed by atoms with van der Waals surface area (Å²) in [5.74, 6) is -0.179. The molecule has 3 N–H and O–H groups in total. The minimum atomic E-state index is -4.33. The summed E-state index contributed by atoms with van der Waals surface area (Å²) >= 11 is 0. The fourth-order valence-electron chi connectivity index (χ4n) is 6.68. The third-order valence-electron chi connectivity index (χ3n) is 10.4. The summed E-state index contributed by atoms with van der Waals surface area (Å²) in [6, 6.07) is -0.844. The third-order valence-corrected chi connectivity index (χ3v) is 11.4. The zero-order valence-electron chi connectivity index (χ0n) is 36.9. The summed E-state index contributed by atoms with van der Waals surface area (Å²) in [5.41, 5.74) is 0. The van der Waals surface area contributed by atoms with Crippen molar-refractivity contribution in [3.05, 3.63) is 24.3 Å². The molecular weight excluding hydrogens is 707 g/mol. The Balaban J connectivity index is 4.36. The van der Waals surface area contributed by atoms with Crippen LogP contribution in [0, 0.1) is 0 Å². The summed E-state index contributed by atoms with van der Waals surface area (Å²) in [6.07, 6.45) is 45.2. The number of phosphoric ester groups is 1. The molecule has 55 heavy (non-hydrogen) atoms. The maximum absolute atomic E-state index is 12.9. The van der Waals surface area contributed by atoms with Gasteiger partial charge >= 0.3 is 7.82 Å². The first-order valence-corrected chi connectivity index (χ1v) is 24.7. The molecule has 0 aromatic carbocycles. The monoisotopic (exact) mass is 800 g/mol. The first kappa shape index (κ1) is 54.0. The molecule has 9 heteroatoms. The lowest BCUT2D eigenvalue weighted by Crippen LogP contribution is -2.45. The largest absolute Gasteiger partial charge is 0.472 e. The van der Waals surface area contributed by atoms with Gasteiger partial charge in [0.05, 0.1) is 39.9 Å². The van der Waals surface area contributed by atoms with Crippen LogP contribution < -0.4 is 5.32 Å². The predicted molar refractivity (Wildman–Crippen MR) is 235 cm³/mol. The van der Waals surface area contributed by atoms with Crippen molar-refractivity contribution < 1.29 is 32.9 Å². The van der Waals surface area contributed by atoms with E-state index >= 15 is 0 Å². The Morgan fingerprint density at radius 1 is 0.600 bits per heavy atom. The number of nitrogens with zero attached hydrogens (tertiary/aromatic N) is 1. The summed E-state index contributed by atoms with van der Waals surface area (Å²) in [4.78, 5) is 23.1. The van der Waals surface area contributed by atoms with Crippen molar-refractivity contribution in [1.29, 1.82) is 0 Å². The van der Waals surface area contributed by atoms with E-state index in [0.717, 1.165) is 38.5 Å². The molecule has 0 saturated heterocycles. The molecule has 0 fully saturated rings. The number of carbonyl (C=O) groups is 1. The number of nitrogens with one attached hydrogen (secondary N) is 1. The number of hydrogen-bond acceptors (Lipinski definition) is 5. The van der Waals surface area contributed by atoms with E-state index in [1.54, 1.807) is 6.08 Å². The second kappa shape index (κ2) is 38.5. The van der Waals surface area contributed by atoms with Crippen molar-refractivity contribution in [1.82, 2.24) is 5.32 Å². The summed E-state index contributed by atoms with van der Waals surface area (Å²) < 4.78 is 23.6. The molecule has 0 radical (unpaired) electrons. The van der Waals surface area contributed by atoms with Crippen LogP contribution in [0.5, 0.6) is 0 Å². The molecule has 326 valence electrons. The summed E-state index contributed by atoms with van der Waals surface area (Å²) in [7, 11) is 1.57. The minimum absolute atomic E-state index is 0.0623. The maximum Gasteiger partial charge on any atom is 0.472 e. The number of rotatable bonds is 42. The smallest absolute Gasteiger partial charge is 0.387 e. The first-order valence-electron chi connectivity index (χ1n) is 23.2. The fourth-order valence-corrected chi connectivity index (χ4v) is 7.42. The van der Waals surface area contributed by atoms with Gasteiger partial charge in [-0.15, -0.1) is 0 Å². The SMILES string of the molecule is CCCCCCCC/C=C/CCCCCCCCCCCC(=O)N[C@@H](COP(=O)(O)OCC[N+](C)(C)C)[C@H](O)/C=C/CCCCCCCCCCCCCC. The number of likely N-dealkylation sites (N-methyl/N-ethyl adjacent to an activating group) is 1.